The lowest BCUT2D eigenvalue weighted by atomic mass is 10.2. The average molecular weight is 357 g/mol. The third-order valence-corrected chi connectivity index (χ3v) is 3.84. The number of carboxylic acid groups (broad SMARTS) is 1. The van der Waals surface area contributed by atoms with Crippen LogP contribution >= 0.6 is 0 Å². The lowest BCUT2D eigenvalue weighted by Crippen LogP contribution is -2.44. The normalized spacial score (nSPS) is 11.5. The van der Waals surface area contributed by atoms with Gasteiger partial charge in [-0.2, -0.15) is 0 Å². The van der Waals surface area contributed by atoms with Gasteiger partial charge in [-0.15, -0.1) is 0 Å². The van der Waals surface area contributed by atoms with E-state index in [1.165, 1.54) is 11.8 Å². The Balaban J connectivity index is 2.10. The summed E-state index contributed by atoms with van der Waals surface area (Å²) in [4.78, 5) is 25.3. The molecule has 6 heteroatoms. The molecule has 0 fully saturated rings. The largest absolute Gasteiger partial charge is 0.490 e. The topological polar surface area (TPSA) is 76.1 Å². The molecule has 0 bridgehead atoms. The molecule has 0 saturated carbocycles. The van der Waals surface area contributed by atoms with Crippen molar-refractivity contribution in [3.63, 3.8) is 0 Å². The van der Waals surface area contributed by atoms with Crippen LogP contribution in [0.1, 0.15) is 19.4 Å². The van der Waals surface area contributed by atoms with Gasteiger partial charge in [0.15, 0.2) is 18.1 Å². The Morgan fingerprint density at radius 2 is 1.58 bits per heavy atom. The number of para-hydroxylation sites is 2. The summed E-state index contributed by atoms with van der Waals surface area (Å²) in [5.74, 6) is -0.479. The Morgan fingerprint density at radius 3 is 2.15 bits per heavy atom. The van der Waals surface area contributed by atoms with Gasteiger partial charge in [0.2, 0.25) is 0 Å². The Kier molecular flexibility index (Phi) is 7.02. The van der Waals surface area contributed by atoms with Crippen LogP contribution in [0.15, 0.2) is 54.6 Å². The second-order valence-corrected chi connectivity index (χ2v) is 5.69. The van der Waals surface area contributed by atoms with Gasteiger partial charge >= 0.3 is 5.97 Å². The highest BCUT2D eigenvalue weighted by Gasteiger charge is 2.26. The smallest absolute Gasteiger partial charge is 0.326 e. The van der Waals surface area contributed by atoms with Crippen LogP contribution in [-0.2, 0) is 16.1 Å². The molecule has 0 saturated heterocycles. The Bertz CT molecular complexity index is 732. The Morgan fingerprint density at radius 1 is 1.00 bits per heavy atom. The summed E-state index contributed by atoms with van der Waals surface area (Å²) in [6.45, 7) is 3.75. The van der Waals surface area contributed by atoms with E-state index in [0.29, 0.717) is 18.1 Å². The van der Waals surface area contributed by atoms with E-state index in [4.69, 9.17) is 9.47 Å². The second-order valence-electron chi connectivity index (χ2n) is 5.69. The fourth-order valence-corrected chi connectivity index (χ4v) is 2.42. The third-order valence-electron chi connectivity index (χ3n) is 3.84. The van der Waals surface area contributed by atoms with Crippen molar-refractivity contribution < 1.29 is 24.2 Å². The van der Waals surface area contributed by atoms with Crippen molar-refractivity contribution in [1.82, 2.24) is 4.90 Å². The van der Waals surface area contributed by atoms with E-state index in [-0.39, 0.29) is 13.2 Å². The highest BCUT2D eigenvalue weighted by atomic mass is 16.5. The summed E-state index contributed by atoms with van der Waals surface area (Å²) in [6, 6.07) is 15.3. The number of nitrogens with zero attached hydrogens (tertiary/aromatic N) is 1. The molecular weight excluding hydrogens is 334 g/mol. The molecule has 0 aliphatic heterocycles. The number of ether oxygens (including phenoxy) is 2. The summed E-state index contributed by atoms with van der Waals surface area (Å²) in [5.41, 5.74) is 0.851. The Hall–Kier alpha value is -3.02. The molecule has 2 aromatic rings. The number of aliphatic carboxylic acids is 1. The molecule has 138 valence electrons. The van der Waals surface area contributed by atoms with Gasteiger partial charge in [0.05, 0.1) is 6.61 Å². The van der Waals surface area contributed by atoms with Crippen LogP contribution in [0.5, 0.6) is 11.5 Å². The Labute approximate surface area is 153 Å². The molecule has 0 aliphatic carbocycles. The number of amides is 1. The van der Waals surface area contributed by atoms with Crippen molar-refractivity contribution in [3.05, 3.63) is 60.2 Å². The monoisotopic (exact) mass is 357 g/mol. The highest BCUT2D eigenvalue weighted by molar-refractivity contribution is 5.84. The van der Waals surface area contributed by atoms with E-state index >= 15 is 0 Å². The molecule has 6 nitrogen and oxygen atoms in total. The average Bonchev–Trinajstić information content (AvgIpc) is 2.65. The van der Waals surface area contributed by atoms with E-state index in [0.717, 1.165) is 5.56 Å². The lowest BCUT2D eigenvalue weighted by Gasteiger charge is -2.26. The zero-order valence-corrected chi connectivity index (χ0v) is 14.9. The molecule has 0 radical (unpaired) electrons. The lowest BCUT2D eigenvalue weighted by molar-refractivity contribution is -0.150. The SMILES string of the molecule is CCOc1ccccc1OCC(=O)N(Cc1ccccc1)C(C)C(=O)O. The molecule has 1 atom stereocenters. The molecule has 1 unspecified atom stereocenters. The van der Waals surface area contributed by atoms with Gasteiger partial charge in [0.25, 0.3) is 5.91 Å². The quantitative estimate of drug-likeness (QED) is 0.747. The van der Waals surface area contributed by atoms with Crippen LogP contribution < -0.4 is 9.47 Å². The summed E-state index contributed by atoms with van der Waals surface area (Å²) in [7, 11) is 0. The van der Waals surface area contributed by atoms with Crippen LogP contribution in [0.3, 0.4) is 0 Å². The first-order valence-corrected chi connectivity index (χ1v) is 8.43. The first-order chi connectivity index (χ1) is 12.5. The van der Waals surface area contributed by atoms with Gasteiger partial charge in [-0.25, -0.2) is 4.79 Å². The van der Waals surface area contributed by atoms with E-state index in [1.807, 2.05) is 43.3 Å². The van der Waals surface area contributed by atoms with Gasteiger partial charge in [-0.1, -0.05) is 42.5 Å². The molecular formula is C20H23NO5. The van der Waals surface area contributed by atoms with E-state index < -0.39 is 17.9 Å². The number of carbonyl (C=O) groups excluding carboxylic acids is 1. The zero-order chi connectivity index (χ0) is 18.9. The van der Waals surface area contributed by atoms with Crippen molar-refractivity contribution in [2.45, 2.75) is 26.4 Å². The molecule has 1 amide bonds. The number of hydrogen-bond acceptors (Lipinski definition) is 4. The maximum Gasteiger partial charge on any atom is 0.326 e. The van der Waals surface area contributed by atoms with Gasteiger partial charge in [-0.3, -0.25) is 4.79 Å². The first kappa shape index (κ1) is 19.3. The van der Waals surface area contributed by atoms with Crippen molar-refractivity contribution >= 4 is 11.9 Å². The van der Waals surface area contributed by atoms with E-state index in [2.05, 4.69) is 0 Å². The van der Waals surface area contributed by atoms with Crippen LogP contribution in [0.25, 0.3) is 0 Å². The third kappa shape index (κ3) is 5.24. The maximum absolute atomic E-state index is 12.6. The van der Waals surface area contributed by atoms with Crippen LogP contribution in [0.4, 0.5) is 0 Å². The van der Waals surface area contributed by atoms with Crippen molar-refractivity contribution in [1.29, 1.82) is 0 Å². The summed E-state index contributed by atoms with van der Waals surface area (Å²) in [6.07, 6.45) is 0. The maximum atomic E-state index is 12.6. The van der Waals surface area contributed by atoms with Gasteiger partial charge in [0, 0.05) is 6.54 Å². The van der Waals surface area contributed by atoms with Crippen molar-refractivity contribution in [2.24, 2.45) is 0 Å². The van der Waals surface area contributed by atoms with Crippen LogP contribution in [0, 0.1) is 0 Å². The molecule has 1 N–H and O–H groups in total. The number of rotatable bonds is 9. The fraction of sp³-hybridized carbons (Fsp3) is 0.300. The van der Waals surface area contributed by atoms with Gasteiger partial charge in [-0.05, 0) is 31.5 Å². The fourth-order valence-electron chi connectivity index (χ4n) is 2.42. The van der Waals surface area contributed by atoms with E-state index in [1.54, 1.807) is 18.2 Å². The second kappa shape index (κ2) is 9.46. The predicted molar refractivity (Wildman–Crippen MR) is 97.2 cm³/mol. The number of carboxylic acids is 1. The first-order valence-electron chi connectivity index (χ1n) is 8.43. The molecule has 0 aliphatic rings. The number of benzene rings is 2. The van der Waals surface area contributed by atoms with Crippen molar-refractivity contribution in [3.8, 4) is 11.5 Å². The van der Waals surface area contributed by atoms with Gasteiger partial charge < -0.3 is 19.5 Å². The molecule has 2 rings (SSSR count). The standard InChI is InChI=1S/C20H23NO5/c1-3-25-17-11-7-8-12-18(17)26-14-19(22)21(15(2)20(23)24)13-16-9-5-4-6-10-16/h4-12,15H,3,13-14H2,1-2H3,(H,23,24). The summed E-state index contributed by atoms with van der Waals surface area (Å²) >= 11 is 0. The number of hydrogen-bond donors (Lipinski definition) is 1. The summed E-state index contributed by atoms with van der Waals surface area (Å²) in [5, 5.41) is 9.32. The summed E-state index contributed by atoms with van der Waals surface area (Å²) < 4.78 is 11.1. The number of carbonyl (C=O) groups is 2. The predicted octanol–water partition coefficient (Wildman–Crippen LogP) is 2.97. The van der Waals surface area contributed by atoms with Crippen LogP contribution in [-0.4, -0.2) is 41.1 Å². The molecule has 2 aromatic carbocycles. The van der Waals surface area contributed by atoms with Gasteiger partial charge in [0.1, 0.15) is 6.04 Å². The minimum absolute atomic E-state index is 0.198. The van der Waals surface area contributed by atoms with E-state index in [9.17, 15) is 14.7 Å². The molecule has 0 spiro atoms. The minimum atomic E-state index is -1.07. The zero-order valence-electron chi connectivity index (χ0n) is 14.9. The molecule has 26 heavy (non-hydrogen) atoms. The van der Waals surface area contributed by atoms with Crippen LogP contribution in [0.2, 0.25) is 0 Å². The van der Waals surface area contributed by atoms with Crippen molar-refractivity contribution in [2.75, 3.05) is 13.2 Å². The molecule has 0 aromatic heterocycles. The highest BCUT2D eigenvalue weighted by Crippen LogP contribution is 2.26. The molecule has 0 heterocycles. The minimum Gasteiger partial charge on any atom is -0.490 e.